The molecule has 6 rings (SSSR count). The van der Waals surface area contributed by atoms with Crippen LogP contribution < -0.4 is 4.90 Å². The highest BCUT2D eigenvalue weighted by atomic mass is 32.2. The van der Waals surface area contributed by atoms with E-state index in [2.05, 4.69) is 20.1 Å². The number of rotatable bonds is 7. The van der Waals surface area contributed by atoms with Gasteiger partial charge in [0.25, 0.3) is 6.43 Å². The lowest BCUT2D eigenvalue weighted by Crippen LogP contribution is -2.45. The normalized spacial score (nSPS) is 19.0. The van der Waals surface area contributed by atoms with E-state index >= 15 is 0 Å². The predicted octanol–water partition coefficient (Wildman–Crippen LogP) is 5.16. The number of aryl methyl sites for hydroxylation is 3. The molecular formula is C31H34F2N6O4S. The van der Waals surface area contributed by atoms with Gasteiger partial charge in [-0.1, -0.05) is 18.2 Å². The molecule has 1 saturated heterocycles. The van der Waals surface area contributed by atoms with E-state index in [0.29, 0.717) is 29.1 Å². The first-order chi connectivity index (χ1) is 21.0. The molecule has 10 nitrogen and oxygen atoms in total. The number of carboxylic acids is 1. The number of nitrogens with zero attached hydrogens (tertiary/aromatic N) is 6. The summed E-state index contributed by atoms with van der Waals surface area (Å²) in [7, 11) is -3.90. The monoisotopic (exact) mass is 624 g/mol. The topological polar surface area (TPSA) is 121 Å². The number of benzene rings is 1. The molecule has 0 bridgehead atoms. The minimum atomic E-state index is -3.90. The molecule has 0 spiro atoms. The van der Waals surface area contributed by atoms with Crippen LogP contribution in [-0.2, 0) is 21.4 Å². The first-order valence-corrected chi connectivity index (χ1v) is 16.1. The first kappa shape index (κ1) is 30.1. The first-order valence-electron chi connectivity index (χ1n) is 14.6. The van der Waals surface area contributed by atoms with Crippen LogP contribution in [0.4, 0.5) is 14.6 Å². The third-order valence-corrected chi connectivity index (χ3v) is 10.7. The largest absolute Gasteiger partial charge is 0.481 e. The summed E-state index contributed by atoms with van der Waals surface area (Å²) in [6.07, 6.45) is 2.92. The summed E-state index contributed by atoms with van der Waals surface area (Å²) in [5.74, 6) is -1.64. The maximum absolute atomic E-state index is 14.2. The number of halogens is 2. The lowest BCUT2D eigenvalue weighted by molar-refractivity contribution is -0.137. The highest BCUT2D eigenvalue weighted by Gasteiger charge is 2.39. The second-order valence-corrected chi connectivity index (χ2v) is 13.7. The molecule has 1 N–H and O–H groups in total. The smallest absolute Gasteiger partial charge is 0.304 e. The molecule has 2 aliphatic rings. The summed E-state index contributed by atoms with van der Waals surface area (Å²) in [5, 5.41) is 17.4. The molecule has 2 aliphatic heterocycles. The summed E-state index contributed by atoms with van der Waals surface area (Å²) < 4.78 is 58.0. The molecule has 13 heteroatoms. The highest BCUT2D eigenvalue weighted by molar-refractivity contribution is 7.89. The standard InChI is InChI=1S/C31H34F2N6O4S/c1-18-12-26-30(34-15-18)38-10-5-4-6-23(38)17-37(44(26,42)43)16-22-13-21(8-7-19(22)2)25(14-27(40)41)24-9-11-39-29(20(24)3)35-36-31(39)28(32)33/h7-9,11-13,15,23,25,28H,4-6,10,14,16-17H2,1-3H3,(H,40,41)/t23-,25?/m0/s1. The number of piperidine rings is 1. The van der Waals surface area contributed by atoms with E-state index in [9.17, 15) is 27.1 Å². The molecule has 1 unspecified atom stereocenters. The molecule has 1 aromatic carbocycles. The van der Waals surface area contributed by atoms with E-state index in [-0.39, 0.29) is 29.6 Å². The number of aliphatic carboxylic acids is 1. The van der Waals surface area contributed by atoms with Crippen molar-refractivity contribution in [3.63, 3.8) is 0 Å². The number of aromatic nitrogens is 4. The number of alkyl halides is 2. The van der Waals surface area contributed by atoms with Gasteiger partial charge in [-0.05, 0) is 85.5 Å². The third-order valence-electron chi connectivity index (χ3n) is 8.87. The van der Waals surface area contributed by atoms with E-state index in [4.69, 9.17) is 0 Å². The van der Waals surface area contributed by atoms with Crippen LogP contribution in [0.15, 0.2) is 47.6 Å². The number of hydrogen-bond acceptors (Lipinski definition) is 7. The van der Waals surface area contributed by atoms with Crippen molar-refractivity contribution in [3.8, 4) is 0 Å². The summed E-state index contributed by atoms with van der Waals surface area (Å²) in [4.78, 5) is 19.0. The number of hydrogen-bond donors (Lipinski definition) is 1. The Labute approximate surface area is 254 Å². The van der Waals surface area contributed by atoms with Crippen LogP contribution in [0.3, 0.4) is 0 Å². The summed E-state index contributed by atoms with van der Waals surface area (Å²) >= 11 is 0. The van der Waals surface area contributed by atoms with Crippen molar-refractivity contribution in [2.75, 3.05) is 18.0 Å². The number of fused-ring (bicyclic) bond motifs is 4. The van der Waals surface area contributed by atoms with Crippen LogP contribution in [-0.4, -0.2) is 62.5 Å². The fraction of sp³-hybridized carbons (Fsp3) is 0.419. The second-order valence-electron chi connectivity index (χ2n) is 11.8. The Balaban J connectivity index is 1.40. The van der Waals surface area contributed by atoms with E-state index in [1.165, 1.54) is 14.9 Å². The van der Waals surface area contributed by atoms with Gasteiger partial charge in [0.05, 0.1) is 6.42 Å². The van der Waals surface area contributed by atoms with Crippen molar-refractivity contribution in [1.29, 1.82) is 0 Å². The second kappa shape index (κ2) is 11.5. The van der Waals surface area contributed by atoms with E-state index in [1.807, 2.05) is 32.0 Å². The average molecular weight is 625 g/mol. The fourth-order valence-electron chi connectivity index (χ4n) is 6.52. The molecule has 0 radical (unpaired) electrons. The minimum absolute atomic E-state index is 0.00566. The van der Waals surface area contributed by atoms with Gasteiger partial charge in [-0.25, -0.2) is 22.2 Å². The average Bonchev–Trinajstić information content (AvgIpc) is 3.40. The summed E-state index contributed by atoms with van der Waals surface area (Å²) in [6.45, 7) is 6.62. The number of anilines is 1. The molecule has 2 atom stereocenters. The van der Waals surface area contributed by atoms with Crippen LogP contribution in [0, 0.1) is 20.8 Å². The van der Waals surface area contributed by atoms with Gasteiger partial charge in [0, 0.05) is 44.0 Å². The molecule has 3 aromatic heterocycles. The Bertz CT molecular complexity index is 1860. The Kier molecular flexibility index (Phi) is 7.87. The van der Waals surface area contributed by atoms with Crippen molar-refractivity contribution in [2.45, 2.75) is 76.3 Å². The van der Waals surface area contributed by atoms with Gasteiger partial charge in [0.15, 0.2) is 5.65 Å². The molecule has 1 fully saturated rings. The maximum Gasteiger partial charge on any atom is 0.304 e. The maximum atomic E-state index is 14.2. The van der Waals surface area contributed by atoms with Gasteiger partial charge in [-0.15, -0.1) is 10.2 Å². The number of pyridine rings is 2. The van der Waals surface area contributed by atoms with Crippen molar-refractivity contribution in [3.05, 3.63) is 81.9 Å². The molecule has 0 aliphatic carbocycles. The van der Waals surface area contributed by atoms with Crippen LogP contribution in [0.1, 0.15) is 77.2 Å². The van der Waals surface area contributed by atoms with Gasteiger partial charge in [0.1, 0.15) is 10.7 Å². The third kappa shape index (κ3) is 5.32. The Morgan fingerprint density at radius 1 is 1.11 bits per heavy atom. The number of carbonyl (C=O) groups is 1. The van der Waals surface area contributed by atoms with Crippen molar-refractivity contribution in [1.82, 2.24) is 23.9 Å². The quantitative estimate of drug-likeness (QED) is 0.300. The molecule has 5 heterocycles. The minimum Gasteiger partial charge on any atom is -0.481 e. The molecule has 0 saturated carbocycles. The lowest BCUT2D eigenvalue weighted by Gasteiger charge is -2.36. The van der Waals surface area contributed by atoms with Gasteiger partial charge in [-0.3, -0.25) is 9.20 Å². The van der Waals surface area contributed by atoms with Crippen LogP contribution >= 0.6 is 0 Å². The Hall–Kier alpha value is -3.97. The Morgan fingerprint density at radius 3 is 2.66 bits per heavy atom. The zero-order chi connectivity index (χ0) is 31.3. The van der Waals surface area contributed by atoms with Crippen molar-refractivity contribution >= 4 is 27.5 Å². The van der Waals surface area contributed by atoms with E-state index in [1.54, 1.807) is 25.3 Å². The zero-order valence-electron chi connectivity index (χ0n) is 24.7. The van der Waals surface area contributed by atoms with Gasteiger partial charge in [-0.2, -0.15) is 4.31 Å². The Morgan fingerprint density at radius 2 is 1.91 bits per heavy atom. The lowest BCUT2D eigenvalue weighted by atomic mass is 9.85. The SMILES string of the molecule is Cc1cnc2c(c1)S(=O)(=O)N(Cc1cc(C(CC(=O)O)c3ccn4c(C(F)F)nnc4c3C)ccc1C)C[C@@H]1CCCCN21. The van der Waals surface area contributed by atoms with Crippen molar-refractivity contribution in [2.24, 2.45) is 0 Å². The van der Waals surface area contributed by atoms with Crippen LogP contribution in [0.25, 0.3) is 5.65 Å². The molecule has 44 heavy (non-hydrogen) atoms. The van der Waals surface area contributed by atoms with E-state index in [0.717, 1.165) is 42.5 Å². The molecule has 0 amide bonds. The van der Waals surface area contributed by atoms with Crippen LogP contribution in [0.5, 0.6) is 0 Å². The highest BCUT2D eigenvalue weighted by Crippen LogP contribution is 2.38. The van der Waals surface area contributed by atoms with Gasteiger partial charge >= 0.3 is 5.97 Å². The molecule has 4 aromatic rings. The van der Waals surface area contributed by atoms with Gasteiger partial charge in [0.2, 0.25) is 15.8 Å². The number of sulfonamides is 1. The zero-order valence-corrected chi connectivity index (χ0v) is 25.6. The fourth-order valence-corrected chi connectivity index (χ4v) is 8.21. The van der Waals surface area contributed by atoms with Crippen LogP contribution in [0.2, 0.25) is 0 Å². The molecular weight excluding hydrogens is 590 g/mol. The van der Waals surface area contributed by atoms with E-state index < -0.39 is 34.2 Å². The number of carboxylic acid groups (broad SMARTS) is 1. The van der Waals surface area contributed by atoms with Gasteiger partial charge < -0.3 is 10.0 Å². The predicted molar refractivity (Wildman–Crippen MR) is 160 cm³/mol. The summed E-state index contributed by atoms with van der Waals surface area (Å²) in [5.41, 5.74) is 4.48. The molecule has 232 valence electrons. The summed E-state index contributed by atoms with van der Waals surface area (Å²) in [6, 6.07) is 8.90. The van der Waals surface area contributed by atoms with Crippen molar-refractivity contribution < 1.29 is 27.1 Å².